The minimum atomic E-state index is -0.00519. The minimum absolute atomic E-state index is 0.00519. The van der Waals surface area contributed by atoms with Gasteiger partial charge in [0, 0.05) is 19.1 Å². The first-order chi connectivity index (χ1) is 7.73. The maximum absolute atomic E-state index is 5.79. The highest BCUT2D eigenvalue weighted by atomic mass is 15.1. The van der Waals surface area contributed by atoms with Crippen LogP contribution >= 0.6 is 0 Å². The Morgan fingerprint density at radius 2 is 1.82 bits per heavy atom. The van der Waals surface area contributed by atoms with Crippen LogP contribution in [0.2, 0.25) is 0 Å². The molecule has 0 aliphatic carbocycles. The number of rotatable bonds is 3. The van der Waals surface area contributed by atoms with Crippen LogP contribution in [0.25, 0.3) is 0 Å². The van der Waals surface area contributed by atoms with Crippen molar-refractivity contribution in [2.24, 2.45) is 11.1 Å². The number of nitrogens with two attached hydrogens (primary N) is 1. The van der Waals surface area contributed by atoms with Crippen LogP contribution in [0.3, 0.4) is 0 Å². The maximum atomic E-state index is 5.79. The first kappa shape index (κ1) is 14.0. The quantitative estimate of drug-likeness (QED) is 0.875. The monoisotopic (exact) mass is 235 g/mol. The highest BCUT2D eigenvalue weighted by Gasteiger charge is 2.24. The van der Waals surface area contributed by atoms with E-state index in [9.17, 15) is 0 Å². The summed E-state index contributed by atoms with van der Waals surface area (Å²) in [5, 5.41) is 0. The molecule has 2 unspecified atom stereocenters. The third kappa shape index (κ3) is 3.43. The molecular formula is C14H25N3. The lowest BCUT2D eigenvalue weighted by Crippen LogP contribution is -2.39. The molecule has 0 saturated heterocycles. The van der Waals surface area contributed by atoms with Crippen LogP contribution in [0.1, 0.15) is 46.4 Å². The fourth-order valence-electron chi connectivity index (χ4n) is 1.68. The average molecular weight is 235 g/mol. The molecule has 1 aromatic heterocycles. The summed E-state index contributed by atoms with van der Waals surface area (Å²) < 4.78 is 0. The van der Waals surface area contributed by atoms with Crippen molar-refractivity contribution in [1.82, 2.24) is 4.98 Å². The van der Waals surface area contributed by atoms with Gasteiger partial charge in [0.2, 0.25) is 0 Å². The summed E-state index contributed by atoms with van der Waals surface area (Å²) in [7, 11) is 2.11. The van der Waals surface area contributed by atoms with E-state index in [2.05, 4.69) is 50.7 Å². The number of aromatic nitrogens is 1. The Balaban J connectivity index is 2.87. The first-order valence-electron chi connectivity index (χ1n) is 6.18. The van der Waals surface area contributed by atoms with E-state index in [-0.39, 0.29) is 11.5 Å². The van der Waals surface area contributed by atoms with Crippen LogP contribution in [-0.4, -0.2) is 18.1 Å². The predicted octanol–water partition coefficient (Wildman–Crippen LogP) is 2.97. The zero-order chi connectivity index (χ0) is 13.2. The van der Waals surface area contributed by atoms with E-state index in [1.807, 2.05) is 19.2 Å². The van der Waals surface area contributed by atoms with Crippen molar-refractivity contribution in [3.63, 3.8) is 0 Å². The molecule has 2 atom stereocenters. The summed E-state index contributed by atoms with van der Waals surface area (Å²) >= 11 is 0. The smallest absolute Gasteiger partial charge is 0.0569 e. The molecule has 1 aromatic rings. The van der Waals surface area contributed by atoms with E-state index in [4.69, 9.17) is 5.73 Å². The van der Waals surface area contributed by atoms with Gasteiger partial charge in [0.15, 0.2) is 0 Å². The van der Waals surface area contributed by atoms with Crippen LogP contribution in [0.15, 0.2) is 18.3 Å². The van der Waals surface area contributed by atoms with Crippen LogP contribution in [0, 0.1) is 5.41 Å². The minimum Gasteiger partial charge on any atom is -0.370 e. The summed E-state index contributed by atoms with van der Waals surface area (Å²) in [6.45, 7) is 10.9. The topological polar surface area (TPSA) is 42.1 Å². The zero-order valence-electron chi connectivity index (χ0n) is 11.9. The summed E-state index contributed by atoms with van der Waals surface area (Å²) in [6, 6.07) is 4.54. The van der Waals surface area contributed by atoms with E-state index >= 15 is 0 Å². The molecule has 0 fully saturated rings. The first-order valence-corrected chi connectivity index (χ1v) is 6.18. The Labute approximate surface area is 105 Å². The average Bonchev–Trinajstić information content (AvgIpc) is 2.26. The lowest BCUT2D eigenvalue weighted by Gasteiger charge is -2.36. The molecule has 3 nitrogen and oxygen atoms in total. The normalized spacial score (nSPS) is 15.5. The summed E-state index contributed by atoms with van der Waals surface area (Å²) in [5.74, 6) is 0. The Bertz CT molecular complexity index is 349. The molecule has 0 spiro atoms. The van der Waals surface area contributed by atoms with Gasteiger partial charge in [-0.15, -0.1) is 0 Å². The number of hydrogen-bond donors (Lipinski definition) is 1. The molecule has 0 aromatic carbocycles. The van der Waals surface area contributed by atoms with Crippen molar-refractivity contribution in [1.29, 1.82) is 0 Å². The van der Waals surface area contributed by atoms with Gasteiger partial charge in [0.05, 0.1) is 17.6 Å². The second-order valence-corrected chi connectivity index (χ2v) is 5.88. The van der Waals surface area contributed by atoms with Gasteiger partial charge in [-0.1, -0.05) is 20.8 Å². The second-order valence-electron chi connectivity index (χ2n) is 5.88. The molecule has 0 radical (unpaired) electrons. The Morgan fingerprint density at radius 3 is 2.18 bits per heavy atom. The predicted molar refractivity (Wildman–Crippen MR) is 74.2 cm³/mol. The van der Waals surface area contributed by atoms with E-state index < -0.39 is 0 Å². The van der Waals surface area contributed by atoms with Gasteiger partial charge in [0.1, 0.15) is 0 Å². The maximum Gasteiger partial charge on any atom is 0.0569 e. The second kappa shape index (κ2) is 5.05. The third-order valence-corrected chi connectivity index (χ3v) is 3.48. The third-order valence-electron chi connectivity index (χ3n) is 3.48. The highest BCUT2D eigenvalue weighted by Crippen LogP contribution is 2.27. The van der Waals surface area contributed by atoms with E-state index in [1.54, 1.807) is 0 Å². The molecule has 96 valence electrons. The molecule has 2 N–H and O–H groups in total. The Kier molecular flexibility index (Phi) is 4.15. The number of pyridine rings is 1. The van der Waals surface area contributed by atoms with Crippen molar-refractivity contribution < 1.29 is 0 Å². The van der Waals surface area contributed by atoms with Gasteiger partial charge < -0.3 is 10.6 Å². The zero-order valence-corrected chi connectivity index (χ0v) is 11.9. The Hall–Kier alpha value is -1.09. The molecule has 0 amide bonds. The standard InChI is InChI=1S/C14H25N3/c1-10(15)13-8-7-12(9-16-13)17(6)11(2)14(3,4)5/h7-11H,15H2,1-6H3. The number of nitrogens with zero attached hydrogens (tertiary/aromatic N) is 2. The molecule has 0 bridgehead atoms. The van der Waals surface area contributed by atoms with Gasteiger partial charge in [0.25, 0.3) is 0 Å². The Morgan fingerprint density at radius 1 is 1.24 bits per heavy atom. The largest absolute Gasteiger partial charge is 0.370 e. The molecule has 0 aliphatic rings. The van der Waals surface area contributed by atoms with E-state index in [0.29, 0.717) is 6.04 Å². The summed E-state index contributed by atoms with van der Waals surface area (Å²) in [6.07, 6.45) is 1.90. The molecule has 17 heavy (non-hydrogen) atoms. The van der Waals surface area contributed by atoms with Gasteiger partial charge in [-0.05, 0) is 31.4 Å². The highest BCUT2D eigenvalue weighted by molar-refractivity contribution is 5.45. The summed E-state index contributed by atoms with van der Waals surface area (Å²) in [5.41, 5.74) is 8.11. The molecule has 0 saturated carbocycles. The molecule has 1 heterocycles. The van der Waals surface area contributed by atoms with Crippen molar-refractivity contribution in [3.8, 4) is 0 Å². The van der Waals surface area contributed by atoms with Crippen LogP contribution < -0.4 is 10.6 Å². The lowest BCUT2D eigenvalue weighted by atomic mass is 9.87. The van der Waals surface area contributed by atoms with Gasteiger partial charge in [-0.2, -0.15) is 0 Å². The van der Waals surface area contributed by atoms with Gasteiger partial charge >= 0.3 is 0 Å². The number of hydrogen-bond acceptors (Lipinski definition) is 3. The lowest BCUT2D eigenvalue weighted by molar-refractivity contribution is 0.329. The van der Waals surface area contributed by atoms with Crippen molar-refractivity contribution in [3.05, 3.63) is 24.0 Å². The number of anilines is 1. The SMILES string of the molecule is CC(N)c1ccc(N(C)C(C)C(C)(C)C)cn1. The van der Waals surface area contributed by atoms with Crippen molar-refractivity contribution in [2.45, 2.75) is 46.7 Å². The van der Waals surface area contributed by atoms with Crippen LogP contribution in [-0.2, 0) is 0 Å². The molecule has 3 heteroatoms. The fourth-order valence-corrected chi connectivity index (χ4v) is 1.68. The molecule has 0 aliphatic heterocycles. The van der Waals surface area contributed by atoms with Gasteiger partial charge in [-0.3, -0.25) is 4.98 Å². The summed E-state index contributed by atoms with van der Waals surface area (Å²) in [4.78, 5) is 6.66. The van der Waals surface area contributed by atoms with Crippen molar-refractivity contribution in [2.75, 3.05) is 11.9 Å². The van der Waals surface area contributed by atoms with E-state index in [1.165, 1.54) is 0 Å². The van der Waals surface area contributed by atoms with Crippen LogP contribution in [0.5, 0.6) is 0 Å². The van der Waals surface area contributed by atoms with Gasteiger partial charge in [-0.25, -0.2) is 0 Å². The molecular weight excluding hydrogens is 210 g/mol. The van der Waals surface area contributed by atoms with E-state index in [0.717, 1.165) is 11.4 Å². The van der Waals surface area contributed by atoms with Crippen LogP contribution in [0.4, 0.5) is 5.69 Å². The fraction of sp³-hybridized carbons (Fsp3) is 0.643. The van der Waals surface area contributed by atoms with Crippen molar-refractivity contribution >= 4 is 5.69 Å². The molecule has 1 rings (SSSR count).